The van der Waals surface area contributed by atoms with Crippen molar-refractivity contribution in [3.63, 3.8) is 0 Å². The Labute approximate surface area is 116 Å². The van der Waals surface area contributed by atoms with Gasteiger partial charge in [-0.1, -0.05) is 12.1 Å². The first kappa shape index (κ1) is 16.0. The monoisotopic (exact) mass is 266 g/mol. The van der Waals surface area contributed by atoms with Crippen molar-refractivity contribution in [1.29, 1.82) is 0 Å². The minimum absolute atomic E-state index is 0.700. The second-order valence-corrected chi connectivity index (χ2v) is 4.53. The summed E-state index contributed by atoms with van der Waals surface area (Å²) < 4.78 is 11.1. The van der Waals surface area contributed by atoms with Gasteiger partial charge in [0.15, 0.2) is 0 Å². The van der Waals surface area contributed by atoms with Crippen molar-refractivity contribution < 1.29 is 9.47 Å². The number of hydrogen-bond acceptors (Lipinski definition) is 4. The molecule has 108 valence electrons. The van der Waals surface area contributed by atoms with E-state index in [-0.39, 0.29) is 0 Å². The van der Waals surface area contributed by atoms with Crippen molar-refractivity contribution in [1.82, 2.24) is 10.2 Å². The average Bonchev–Trinajstić information content (AvgIpc) is 2.40. The molecule has 19 heavy (non-hydrogen) atoms. The van der Waals surface area contributed by atoms with Gasteiger partial charge in [0.2, 0.25) is 0 Å². The zero-order chi connectivity index (χ0) is 13.9. The van der Waals surface area contributed by atoms with E-state index in [9.17, 15) is 0 Å². The van der Waals surface area contributed by atoms with E-state index in [1.807, 2.05) is 26.1 Å². The van der Waals surface area contributed by atoms with E-state index >= 15 is 0 Å². The van der Waals surface area contributed by atoms with Gasteiger partial charge in [-0.15, -0.1) is 0 Å². The molecule has 0 radical (unpaired) electrons. The lowest BCUT2D eigenvalue weighted by molar-refractivity contribution is 0.116. The van der Waals surface area contributed by atoms with E-state index in [1.165, 1.54) is 5.56 Å². The quantitative estimate of drug-likeness (QED) is 0.654. The Kier molecular flexibility index (Phi) is 8.21. The van der Waals surface area contributed by atoms with Gasteiger partial charge < -0.3 is 19.7 Å². The van der Waals surface area contributed by atoms with E-state index in [2.05, 4.69) is 29.4 Å². The van der Waals surface area contributed by atoms with Crippen LogP contribution in [0.2, 0.25) is 0 Å². The number of likely N-dealkylation sites (N-methyl/N-ethyl adjacent to an activating group) is 1. The molecule has 0 saturated heterocycles. The van der Waals surface area contributed by atoms with Gasteiger partial charge in [0.1, 0.15) is 12.4 Å². The highest BCUT2D eigenvalue weighted by Crippen LogP contribution is 2.12. The highest BCUT2D eigenvalue weighted by atomic mass is 16.5. The standard InChI is InChI=1S/C15H26N2O2/c1-4-18-10-8-17(3)9-11-19-15-7-5-6-14(12-15)13-16-2/h5-7,12,16H,4,8-11,13H2,1-3H3. The van der Waals surface area contributed by atoms with E-state index < -0.39 is 0 Å². The molecule has 0 aliphatic carbocycles. The number of hydrogen-bond donors (Lipinski definition) is 1. The Morgan fingerprint density at radius 3 is 2.74 bits per heavy atom. The topological polar surface area (TPSA) is 33.7 Å². The molecular weight excluding hydrogens is 240 g/mol. The van der Waals surface area contributed by atoms with Crippen LogP contribution in [0.3, 0.4) is 0 Å². The summed E-state index contributed by atoms with van der Waals surface area (Å²) in [6.45, 7) is 6.99. The van der Waals surface area contributed by atoms with Gasteiger partial charge in [-0.2, -0.15) is 0 Å². The molecule has 1 N–H and O–H groups in total. The minimum atomic E-state index is 0.700. The van der Waals surface area contributed by atoms with Crippen LogP contribution >= 0.6 is 0 Å². The van der Waals surface area contributed by atoms with Gasteiger partial charge in [0, 0.05) is 26.2 Å². The predicted octanol–water partition coefficient (Wildman–Crippen LogP) is 1.75. The summed E-state index contributed by atoms with van der Waals surface area (Å²) in [4.78, 5) is 2.22. The lowest BCUT2D eigenvalue weighted by Gasteiger charge is -2.16. The molecule has 0 fully saturated rings. The Morgan fingerprint density at radius 2 is 2.00 bits per heavy atom. The number of rotatable bonds is 10. The molecule has 0 bridgehead atoms. The molecule has 0 aliphatic rings. The molecule has 0 unspecified atom stereocenters. The first-order chi connectivity index (χ1) is 9.26. The van der Waals surface area contributed by atoms with E-state index in [0.29, 0.717) is 6.61 Å². The summed E-state index contributed by atoms with van der Waals surface area (Å²) in [6.07, 6.45) is 0. The summed E-state index contributed by atoms with van der Waals surface area (Å²) in [7, 11) is 4.03. The maximum Gasteiger partial charge on any atom is 0.119 e. The van der Waals surface area contributed by atoms with Crippen LogP contribution in [-0.2, 0) is 11.3 Å². The van der Waals surface area contributed by atoms with Crippen LogP contribution < -0.4 is 10.1 Å². The van der Waals surface area contributed by atoms with Gasteiger partial charge in [0.25, 0.3) is 0 Å². The molecule has 0 amide bonds. The van der Waals surface area contributed by atoms with Crippen LogP contribution in [0, 0.1) is 0 Å². The van der Waals surface area contributed by atoms with Gasteiger partial charge in [-0.05, 0) is 38.7 Å². The molecule has 1 aromatic rings. The van der Waals surface area contributed by atoms with Crippen molar-refractivity contribution in [2.45, 2.75) is 13.5 Å². The van der Waals surface area contributed by atoms with Crippen LogP contribution in [-0.4, -0.2) is 51.9 Å². The number of nitrogens with zero attached hydrogens (tertiary/aromatic N) is 1. The highest BCUT2D eigenvalue weighted by molar-refractivity contribution is 5.28. The molecule has 0 aliphatic heterocycles. The second kappa shape index (κ2) is 9.78. The molecule has 4 heteroatoms. The minimum Gasteiger partial charge on any atom is -0.492 e. The van der Waals surface area contributed by atoms with E-state index in [1.54, 1.807) is 0 Å². The summed E-state index contributed by atoms with van der Waals surface area (Å²) >= 11 is 0. The van der Waals surface area contributed by atoms with Gasteiger partial charge in [-0.3, -0.25) is 0 Å². The molecule has 0 spiro atoms. The maximum atomic E-state index is 5.76. The first-order valence-corrected chi connectivity index (χ1v) is 6.89. The normalized spacial score (nSPS) is 10.9. The molecular formula is C15H26N2O2. The molecule has 1 rings (SSSR count). The van der Waals surface area contributed by atoms with Crippen LogP contribution in [0.4, 0.5) is 0 Å². The highest BCUT2D eigenvalue weighted by Gasteiger charge is 2.00. The van der Waals surface area contributed by atoms with Crippen molar-refractivity contribution in [2.75, 3.05) is 47.0 Å². The summed E-state index contributed by atoms with van der Waals surface area (Å²) in [5, 5.41) is 3.14. The Hall–Kier alpha value is -1.10. The zero-order valence-corrected chi connectivity index (χ0v) is 12.3. The maximum absolute atomic E-state index is 5.76. The number of nitrogens with one attached hydrogen (secondary N) is 1. The summed E-state index contributed by atoms with van der Waals surface area (Å²) in [6, 6.07) is 8.20. The van der Waals surface area contributed by atoms with Crippen molar-refractivity contribution >= 4 is 0 Å². The smallest absolute Gasteiger partial charge is 0.119 e. The largest absolute Gasteiger partial charge is 0.492 e. The van der Waals surface area contributed by atoms with Gasteiger partial charge >= 0.3 is 0 Å². The third-order valence-electron chi connectivity index (χ3n) is 2.84. The zero-order valence-electron chi connectivity index (χ0n) is 12.3. The van der Waals surface area contributed by atoms with E-state index in [0.717, 1.165) is 38.6 Å². The molecule has 0 heterocycles. The molecule has 0 aromatic heterocycles. The lowest BCUT2D eigenvalue weighted by atomic mass is 10.2. The molecule has 1 aromatic carbocycles. The van der Waals surface area contributed by atoms with Crippen molar-refractivity contribution in [3.05, 3.63) is 29.8 Å². The second-order valence-electron chi connectivity index (χ2n) is 4.53. The molecule has 0 saturated carbocycles. The lowest BCUT2D eigenvalue weighted by Crippen LogP contribution is -2.27. The number of ether oxygens (including phenoxy) is 2. The van der Waals surface area contributed by atoms with Crippen LogP contribution in [0.25, 0.3) is 0 Å². The fraction of sp³-hybridized carbons (Fsp3) is 0.600. The Balaban J connectivity index is 2.22. The predicted molar refractivity (Wildman–Crippen MR) is 78.7 cm³/mol. The third kappa shape index (κ3) is 7.15. The third-order valence-corrected chi connectivity index (χ3v) is 2.84. The van der Waals surface area contributed by atoms with Crippen molar-refractivity contribution in [3.8, 4) is 5.75 Å². The average molecular weight is 266 g/mol. The van der Waals surface area contributed by atoms with Crippen LogP contribution in [0.1, 0.15) is 12.5 Å². The first-order valence-electron chi connectivity index (χ1n) is 6.89. The Bertz CT molecular complexity index is 345. The molecule has 4 nitrogen and oxygen atoms in total. The van der Waals surface area contributed by atoms with Crippen LogP contribution in [0.15, 0.2) is 24.3 Å². The summed E-state index contributed by atoms with van der Waals surface area (Å²) in [5.41, 5.74) is 1.24. The van der Waals surface area contributed by atoms with Gasteiger partial charge in [-0.25, -0.2) is 0 Å². The van der Waals surface area contributed by atoms with Crippen LogP contribution in [0.5, 0.6) is 5.75 Å². The van der Waals surface area contributed by atoms with Crippen molar-refractivity contribution in [2.24, 2.45) is 0 Å². The van der Waals surface area contributed by atoms with E-state index in [4.69, 9.17) is 9.47 Å². The fourth-order valence-corrected chi connectivity index (χ4v) is 1.75. The SMILES string of the molecule is CCOCCN(C)CCOc1cccc(CNC)c1. The summed E-state index contributed by atoms with van der Waals surface area (Å²) in [5.74, 6) is 0.936. The number of benzene rings is 1. The Morgan fingerprint density at radius 1 is 1.21 bits per heavy atom. The van der Waals surface area contributed by atoms with Gasteiger partial charge in [0.05, 0.1) is 6.61 Å². The fourth-order valence-electron chi connectivity index (χ4n) is 1.75. The molecule has 0 atom stereocenters.